The maximum absolute atomic E-state index is 11.5. The van der Waals surface area contributed by atoms with E-state index in [1.165, 1.54) is 5.56 Å². The van der Waals surface area contributed by atoms with Crippen molar-refractivity contribution in [2.24, 2.45) is 0 Å². The van der Waals surface area contributed by atoms with E-state index in [1.807, 2.05) is 31.2 Å². The van der Waals surface area contributed by atoms with Crippen molar-refractivity contribution >= 4 is 11.4 Å². The number of hydrogen-bond acceptors (Lipinski definition) is 2. The molecule has 66 valence electrons. The first-order chi connectivity index (χ1) is 5.61. The second kappa shape index (κ2) is 3.94. The number of hydrogen-bond donors (Lipinski definition) is 0. The van der Waals surface area contributed by atoms with Crippen LogP contribution in [0.4, 0.5) is 0 Å². The molecule has 0 bridgehead atoms. The van der Waals surface area contributed by atoms with Gasteiger partial charge in [0, 0.05) is 14.1 Å². The summed E-state index contributed by atoms with van der Waals surface area (Å²) in [6.45, 7) is 2.02. The van der Waals surface area contributed by atoms with Crippen LogP contribution in [-0.4, -0.2) is 23.0 Å². The van der Waals surface area contributed by atoms with E-state index < -0.39 is 11.4 Å². The molecule has 1 aromatic rings. The lowest BCUT2D eigenvalue weighted by molar-refractivity contribution is 0.520. The zero-order valence-electron chi connectivity index (χ0n) is 7.57. The highest BCUT2D eigenvalue weighted by atomic mass is 32.2. The summed E-state index contributed by atoms with van der Waals surface area (Å²) >= 11 is -1.01. The molecule has 3 heteroatoms. The van der Waals surface area contributed by atoms with E-state index in [0.717, 1.165) is 4.90 Å². The molecule has 0 saturated heterocycles. The summed E-state index contributed by atoms with van der Waals surface area (Å²) in [5.41, 5.74) is 1.19. The van der Waals surface area contributed by atoms with E-state index in [9.17, 15) is 4.55 Å². The number of rotatable bonds is 2. The molecule has 1 aromatic carbocycles. The van der Waals surface area contributed by atoms with E-state index in [2.05, 4.69) is 0 Å². The summed E-state index contributed by atoms with van der Waals surface area (Å²) < 4.78 is 13.2. The zero-order chi connectivity index (χ0) is 9.14. The highest BCUT2D eigenvalue weighted by molar-refractivity contribution is 7.89. The summed E-state index contributed by atoms with van der Waals surface area (Å²) in [5, 5.41) is 0. The average Bonchev–Trinajstić information content (AvgIpc) is 2.04. The topological polar surface area (TPSA) is 26.3 Å². The van der Waals surface area contributed by atoms with E-state index in [1.54, 1.807) is 18.4 Å². The van der Waals surface area contributed by atoms with Gasteiger partial charge < -0.3 is 4.55 Å². The Bertz CT molecular complexity index is 245. The number of aryl methyl sites for hydroxylation is 1. The van der Waals surface area contributed by atoms with Crippen molar-refractivity contribution < 1.29 is 4.55 Å². The standard InChI is InChI=1S/C9H13NOS/c1-8-4-6-9(7-5-8)12(11)10(2)3/h4-7H,1-3H3. The van der Waals surface area contributed by atoms with E-state index >= 15 is 0 Å². The third-order valence-corrected chi connectivity index (χ3v) is 2.89. The maximum Gasteiger partial charge on any atom is 0.174 e. The van der Waals surface area contributed by atoms with Crippen LogP contribution in [0.15, 0.2) is 29.2 Å². The Morgan fingerprint density at radius 2 is 1.67 bits per heavy atom. The van der Waals surface area contributed by atoms with Crippen LogP contribution in [0.5, 0.6) is 0 Å². The van der Waals surface area contributed by atoms with Crippen molar-refractivity contribution in [1.29, 1.82) is 0 Å². The largest absolute Gasteiger partial charge is 0.593 e. The molecule has 0 fully saturated rings. The first-order valence-corrected chi connectivity index (χ1v) is 4.88. The van der Waals surface area contributed by atoms with Gasteiger partial charge in [-0.2, -0.15) is 0 Å². The highest BCUT2D eigenvalue weighted by Crippen LogP contribution is 2.12. The van der Waals surface area contributed by atoms with Gasteiger partial charge in [-0.15, -0.1) is 4.31 Å². The summed E-state index contributed by atoms with van der Waals surface area (Å²) in [5.74, 6) is 0. The van der Waals surface area contributed by atoms with Gasteiger partial charge in [-0.25, -0.2) is 0 Å². The molecule has 2 nitrogen and oxygen atoms in total. The van der Waals surface area contributed by atoms with Crippen LogP contribution in [0.1, 0.15) is 5.56 Å². The number of nitrogens with zero attached hydrogens (tertiary/aromatic N) is 1. The smallest absolute Gasteiger partial charge is 0.174 e. The molecular weight excluding hydrogens is 170 g/mol. The molecule has 1 rings (SSSR count). The fourth-order valence-electron chi connectivity index (χ4n) is 0.866. The quantitative estimate of drug-likeness (QED) is 0.651. The van der Waals surface area contributed by atoms with Gasteiger partial charge in [-0.1, -0.05) is 17.7 Å². The highest BCUT2D eigenvalue weighted by Gasteiger charge is 2.12. The van der Waals surface area contributed by atoms with Crippen molar-refractivity contribution in [3.63, 3.8) is 0 Å². The molecule has 0 radical (unpaired) electrons. The van der Waals surface area contributed by atoms with Gasteiger partial charge in [0.2, 0.25) is 0 Å². The minimum Gasteiger partial charge on any atom is -0.593 e. The Kier molecular flexibility index (Phi) is 3.14. The molecule has 0 aliphatic rings. The van der Waals surface area contributed by atoms with E-state index in [-0.39, 0.29) is 0 Å². The second-order valence-corrected chi connectivity index (χ2v) is 4.57. The second-order valence-electron chi connectivity index (χ2n) is 2.87. The van der Waals surface area contributed by atoms with Crippen LogP contribution >= 0.6 is 0 Å². The Morgan fingerprint density at radius 1 is 1.17 bits per heavy atom. The first kappa shape index (κ1) is 9.58. The van der Waals surface area contributed by atoms with Crippen LogP contribution in [0.25, 0.3) is 0 Å². The van der Waals surface area contributed by atoms with Crippen LogP contribution in [0.3, 0.4) is 0 Å². The normalized spacial score (nSPS) is 13.4. The minimum absolute atomic E-state index is 0.852. The third kappa shape index (κ3) is 2.24. The molecule has 12 heavy (non-hydrogen) atoms. The van der Waals surface area contributed by atoms with Gasteiger partial charge >= 0.3 is 0 Å². The number of benzene rings is 1. The fourth-order valence-corrected chi connectivity index (χ4v) is 1.66. The zero-order valence-corrected chi connectivity index (χ0v) is 8.39. The minimum atomic E-state index is -1.01. The van der Waals surface area contributed by atoms with Crippen LogP contribution in [0.2, 0.25) is 0 Å². The van der Waals surface area contributed by atoms with E-state index in [4.69, 9.17) is 0 Å². The van der Waals surface area contributed by atoms with Gasteiger partial charge in [0.05, 0.1) is 11.4 Å². The lowest BCUT2D eigenvalue weighted by atomic mass is 10.2. The van der Waals surface area contributed by atoms with Gasteiger partial charge in [-0.05, 0) is 19.1 Å². The van der Waals surface area contributed by atoms with Gasteiger partial charge in [-0.3, -0.25) is 0 Å². The lowest BCUT2D eigenvalue weighted by Crippen LogP contribution is -2.22. The molecule has 0 saturated carbocycles. The maximum atomic E-state index is 11.5. The Hall–Kier alpha value is -0.510. The van der Waals surface area contributed by atoms with Gasteiger partial charge in [0.25, 0.3) is 0 Å². The van der Waals surface area contributed by atoms with Crippen molar-refractivity contribution in [2.45, 2.75) is 11.8 Å². The summed E-state index contributed by atoms with van der Waals surface area (Å²) in [7, 11) is 3.60. The van der Waals surface area contributed by atoms with Gasteiger partial charge in [0.15, 0.2) is 4.90 Å². The predicted octanol–water partition coefficient (Wildman–Crippen LogP) is 1.58. The molecule has 0 aliphatic carbocycles. The Balaban J connectivity index is 2.82. The molecule has 1 unspecified atom stereocenters. The molecule has 0 heterocycles. The first-order valence-electron chi connectivity index (χ1n) is 3.77. The summed E-state index contributed by atoms with van der Waals surface area (Å²) in [6.07, 6.45) is 0. The molecule has 0 aromatic heterocycles. The molecule has 1 atom stereocenters. The fraction of sp³-hybridized carbons (Fsp3) is 0.333. The van der Waals surface area contributed by atoms with E-state index in [0.29, 0.717) is 0 Å². The molecular formula is C9H13NOS. The van der Waals surface area contributed by atoms with Gasteiger partial charge in [0.1, 0.15) is 0 Å². The lowest BCUT2D eigenvalue weighted by Gasteiger charge is -2.14. The van der Waals surface area contributed by atoms with Crippen molar-refractivity contribution in [2.75, 3.05) is 14.1 Å². The SMILES string of the molecule is Cc1ccc([S+]([O-])N(C)C)cc1. The summed E-state index contributed by atoms with van der Waals surface area (Å²) in [6, 6.07) is 7.73. The third-order valence-electron chi connectivity index (χ3n) is 1.55. The molecule has 0 aliphatic heterocycles. The van der Waals surface area contributed by atoms with Crippen LogP contribution in [0, 0.1) is 6.92 Å². The monoisotopic (exact) mass is 183 g/mol. The molecule has 0 N–H and O–H groups in total. The Morgan fingerprint density at radius 3 is 2.08 bits per heavy atom. The van der Waals surface area contributed by atoms with Crippen molar-refractivity contribution in [1.82, 2.24) is 4.31 Å². The van der Waals surface area contributed by atoms with Crippen LogP contribution < -0.4 is 0 Å². The van der Waals surface area contributed by atoms with Crippen LogP contribution in [-0.2, 0) is 11.4 Å². The predicted molar refractivity (Wildman–Crippen MR) is 51.3 cm³/mol. The summed E-state index contributed by atoms with van der Waals surface area (Å²) in [4.78, 5) is 0.852. The Labute approximate surface area is 76.5 Å². The molecule has 0 spiro atoms. The molecule has 0 amide bonds. The average molecular weight is 183 g/mol. The van der Waals surface area contributed by atoms with Crippen molar-refractivity contribution in [3.05, 3.63) is 29.8 Å². The van der Waals surface area contributed by atoms with Crippen molar-refractivity contribution in [3.8, 4) is 0 Å².